The molecule has 4 nitrogen and oxygen atoms in total. The summed E-state index contributed by atoms with van der Waals surface area (Å²) in [6, 6.07) is 2.99. The highest BCUT2D eigenvalue weighted by molar-refractivity contribution is 6.67. The standard InChI is InChI=1S/C7H8Cl3N3.H2O/c8-7(9,10)6-4(12)1-3(11)2-5(6)13;/h1-2H,11-13H2;1H2. The molecule has 0 atom stereocenters. The third kappa shape index (κ3) is 2.72. The average Bonchev–Trinajstić information content (AvgIpc) is 1.78. The van der Waals surface area contributed by atoms with Gasteiger partial charge in [-0.3, -0.25) is 0 Å². The van der Waals surface area contributed by atoms with Crippen LogP contribution >= 0.6 is 34.8 Å². The SMILES string of the molecule is Nc1cc(N)c(C(Cl)(Cl)Cl)c(N)c1.O. The number of nitrogen functional groups attached to an aromatic ring is 3. The number of hydrogen-bond acceptors (Lipinski definition) is 3. The summed E-state index contributed by atoms with van der Waals surface area (Å²) >= 11 is 17.0. The smallest absolute Gasteiger partial charge is 0.219 e. The number of hydrogen-bond donors (Lipinski definition) is 3. The van der Waals surface area contributed by atoms with E-state index in [2.05, 4.69) is 0 Å². The number of benzene rings is 1. The van der Waals surface area contributed by atoms with Crippen molar-refractivity contribution >= 4 is 51.9 Å². The van der Waals surface area contributed by atoms with Gasteiger partial charge in [0, 0.05) is 22.6 Å². The molecule has 1 aromatic carbocycles. The van der Waals surface area contributed by atoms with Gasteiger partial charge in [-0.15, -0.1) is 0 Å². The third-order valence-corrected chi connectivity index (χ3v) is 2.07. The molecule has 0 radical (unpaired) electrons. The molecule has 7 heteroatoms. The second-order valence-corrected chi connectivity index (χ2v) is 4.85. The van der Waals surface area contributed by atoms with Gasteiger partial charge in [0.05, 0.1) is 0 Å². The lowest BCUT2D eigenvalue weighted by Gasteiger charge is -2.17. The summed E-state index contributed by atoms with van der Waals surface area (Å²) in [4.78, 5) is 0. The topological polar surface area (TPSA) is 110 Å². The molecule has 0 amide bonds. The Bertz CT molecular complexity index is 314. The molecule has 0 bridgehead atoms. The highest BCUT2D eigenvalue weighted by atomic mass is 35.6. The van der Waals surface area contributed by atoms with Gasteiger partial charge in [0.2, 0.25) is 3.79 Å². The Morgan fingerprint density at radius 3 is 1.57 bits per heavy atom. The molecule has 14 heavy (non-hydrogen) atoms. The molecule has 80 valence electrons. The first kappa shape index (κ1) is 13.4. The van der Waals surface area contributed by atoms with Crippen molar-refractivity contribution in [2.45, 2.75) is 3.79 Å². The Morgan fingerprint density at radius 2 is 1.29 bits per heavy atom. The number of nitrogens with two attached hydrogens (primary N) is 3. The van der Waals surface area contributed by atoms with Gasteiger partial charge >= 0.3 is 0 Å². The van der Waals surface area contributed by atoms with Gasteiger partial charge in [-0.2, -0.15) is 0 Å². The molecule has 0 spiro atoms. The molecule has 0 aliphatic heterocycles. The Kier molecular flexibility index (Phi) is 4.15. The van der Waals surface area contributed by atoms with Crippen LogP contribution in [0.25, 0.3) is 0 Å². The van der Waals surface area contributed by atoms with Gasteiger partial charge in [0.15, 0.2) is 0 Å². The largest absolute Gasteiger partial charge is 0.412 e. The average molecular weight is 259 g/mol. The minimum Gasteiger partial charge on any atom is -0.412 e. The molecule has 0 aromatic heterocycles. The summed E-state index contributed by atoms with van der Waals surface area (Å²) in [5.74, 6) is 0. The Balaban J connectivity index is 0.00000169. The molecule has 0 aliphatic carbocycles. The lowest BCUT2D eigenvalue weighted by Crippen LogP contribution is -2.10. The fraction of sp³-hybridized carbons (Fsp3) is 0.143. The van der Waals surface area contributed by atoms with Crippen molar-refractivity contribution in [3.63, 3.8) is 0 Å². The van der Waals surface area contributed by atoms with Gasteiger partial charge in [0.1, 0.15) is 0 Å². The van der Waals surface area contributed by atoms with E-state index < -0.39 is 3.79 Å². The molecular weight excluding hydrogens is 248 g/mol. The maximum Gasteiger partial charge on any atom is 0.219 e. The van der Waals surface area contributed by atoms with Crippen LogP contribution in [0.5, 0.6) is 0 Å². The van der Waals surface area contributed by atoms with E-state index in [4.69, 9.17) is 52.0 Å². The van der Waals surface area contributed by atoms with Crippen LogP contribution in [0, 0.1) is 0 Å². The minimum atomic E-state index is -1.62. The molecule has 0 aliphatic rings. The van der Waals surface area contributed by atoms with Crippen LogP contribution in [0.15, 0.2) is 12.1 Å². The van der Waals surface area contributed by atoms with E-state index in [-0.39, 0.29) is 22.4 Å². The van der Waals surface area contributed by atoms with Crippen LogP contribution in [-0.4, -0.2) is 5.48 Å². The summed E-state index contributed by atoms with van der Waals surface area (Å²) in [5.41, 5.74) is 17.9. The third-order valence-electron chi connectivity index (χ3n) is 1.51. The first-order valence-corrected chi connectivity index (χ1v) is 4.47. The van der Waals surface area contributed by atoms with Crippen molar-refractivity contribution in [3.8, 4) is 0 Å². The lowest BCUT2D eigenvalue weighted by molar-refractivity contribution is 0.824. The van der Waals surface area contributed by atoms with E-state index in [0.29, 0.717) is 5.69 Å². The lowest BCUT2D eigenvalue weighted by atomic mass is 10.1. The molecule has 8 N–H and O–H groups in total. The van der Waals surface area contributed by atoms with Crippen molar-refractivity contribution in [3.05, 3.63) is 17.7 Å². The first-order chi connectivity index (χ1) is 5.82. The first-order valence-electron chi connectivity index (χ1n) is 3.34. The van der Waals surface area contributed by atoms with E-state index in [1.54, 1.807) is 0 Å². The highest BCUT2D eigenvalue weighted by Gasteiger charge is 2.28. The minimum absolute atomic E-state index is 0. The quantitative estimate of drug-likeness (QED) is 0.483. The van der Waals surface area contributed by atoms with E-state index >= 15 is 0 Å². The number of anilines is 3. The fourth-order valence-electron chi connectivity index (χ4n) is 1.04. The highest BCUT2D eigenvalue weighted by Crippen LogP contribution is 2.44. The maximum atomic E-state index is 5.65. The van der Waals surface area contributed by atoms with Crippen LogP contribution in [0.1, 0.15) is 5.56 Å². The normalized spacial score (nSPS) is 10.8. The van der Waals surface area contributed by atoms with Crippen LogP contribution in [-0.2, 0) is 3.79 Å². The molecule has 0 saturated carbocycles. The zero-order valence-electron chi connectivity index (χ0n) is 7.02. The predicted molar refractivity (Wildman–Crippen MR) is 62.5 cm³/mol. The van der Waals surface area contributed by atoms with E-state index in [0.717, 1.165) is 0 Å². The summed E-state index contributed by atoms with van der Waals surface area (Å²) in [6.07, 6.45) is 0. The van der Waals surface area contributed by atoms with Crippen LogP contribution in [0.4, 0.5) is 17.1 Å². The number of halogens is 3. The monoisotopic (exact) mass is 257 g/mol. The van der Waals surface area contributed by atoms with E-state index in [1.165, 1.54) is 12.1 Å². The van der Waals surface area contributed by atoms with Crippen LogP contribution in [0.2, 0.25) is 0 Å². The Labute approximate surface area is 96.2 Å². The van der Waals surface area contributed by atoms with Crippen LogP contribution < -0.4 is 17.2 Å². The van der Waals surface area contributed by atoms with E-state index in [1.807, 2.05) is 0 Å². The molecule has 0 saturated heterocycles. The Hall–Kier alpha value is -0.550. The van der Waals surface area contributed by atoms with Crippen molar-refractivity contribution < 1.29 is 5.48 Å². The fourth-order valence-corrected chi connectivity index (χ4v) is 1.69. The zero-order valence-corrected chi connectivity index (χ0v) is 9.29. The van der Waals surface area contributed by atoms with Crippen molar-refractivity contribution in [1.29, 1.82) is 0 Å². The molecule has 1 aromatic rings. The summed E-state index contributed by atoms with van der Waals surface area (Å²) in [6.45, 7) is 0. The Morgan fingerprint density at radius 1 is 0.929 bits per heavy atom. The van der Waals surface area contributed by atoms with Crippen molar-refractivity contribution in [1.82, 2.24) is 0 Å². The maximum absolute atomic E-state index is 5.65. The molecule has 1 rings (SSSR count). The zero-order chi connectivity index (χ0) is 10.2. The predicted octanol–water partition coefficient (Wildman–Crippen LogP) is 1.44. The molecule has 0 heterocycles. The number of rotatable bonds is 0. The van der Waals surface area contributed by atoms with Gasteiger partial charge in [-0.05, 0) is 12.1 Å². The molecular formula is C7H10Cl3N3O. The van der Waals surface area contributed by atoms with Gasteiger partial charge < -0.3 is 22.7 Å². The number of alkyl halides is 3. The van der Waals surface area contributed by atoms with Crippen molar-refractivity contribution in [2.24, 2.45) is 0 Å². The van der Waals surface area contributed by atoms with Gasteiger partial charge in [-0.25, -0.2) is 0 Å². The summed E-state index contributed by atoms with van der Waals surface area (Å²) in [5, 5.41) is 0. The van der Waals surface area contributed by atoms with Crippen LogP contribution in [0.3, 0.4) is 0 Å². The van der Waals surface area contributed by atoms with Crippen molar-refractivity contribution in [2.75, 3.05) is 17.2 Å². The molecule has 0 fully saturated rings. The van der Waals surface area contributed by atoms with Gasteiger partial charge in [-0.1, -0.05) is 34.8 Å². The second-order valence-electron chi connectivity index (χ2n) is 2.57. The van der Waals surface area contributed by atoms with Gasteiger partial charge in [0.25, 0.3) is 0 Å². The summed E-state index contributed by atoms with van der Waals surface area (Å²) in [7, 11) is 0. The van der Waals surface area contributed by atoms with E-state index in [9.17, 15) is 0 Å². The summed E-state index contributed by atoms with van der Waals surface area (Å²) < 4.78 is -1.62. The second kappa shape index (κ2) is 4.31. The molecule has 0 unspecified atom stereocenters.